The van der Waals surface area contributed by atoms with Gasteiger partial charge in [-0.25, -0.2) is 0 Å². The van der Waals surface area contributed by atoms with Crippen molar-refractivity contribution in [3.05, 3.63) is 24.0 Å². The number of nitrogens with one attached hydrogen (secondary N) is 1. The molecule has 2 rings (SSSR count). The minimum absolute atomic E-state index is 0.462. The van der Waals surface area contributed by atoms with Crippen molar-refractivity contribution in [1.29, 1.82) is 0 Å². The fourth-order valence-electron chi connectivity index (χ4n) is 1.60. The smallest absolute Gasteiger partial charge is 0.0668 e. The van der Waals surface area contributed by atoms with Crippen molar-refractivity contribution in [2.75, 3.05) is 18.5 Å². The van der Waals surface area contributed by atoms with Crippen LogP contribution in [-0.4, -0.2) is 24.2 Å². The van der Waals surface area contributed by atoms with Gasteiger partial charge in [-0.15, -0.1) is 0 Å². The molecule has 0 aliphatic carbocycles. The summed E-state index contributed by atoms with van der Waals surface area (Å²) >= 11 is 0. The lowest BCUT2D eigenvalue weighted by atomic mass is 10.2. The Hall–Kier alpha value is -1.09. The molecule has 3 heteroatoms. The Morgan fingerprint density at radius 1 is 1.57 bits per heavy atom. The fourth-order valence-corrected chi connectivity index (χ4v) is 1.60. The first-order valence-corrected chi connectivity index (χ1v) is 5.17. The van der Waals surface area contributed by atoms with E-state index >= 15 is 0 Å². The molecule has 1 unspecified atom stereocenters. The maximum atomic E-state index is 5.29. The second-order valence-electron chi connectivity index (χ2n) is 3.60. The number of ether oxygens (including phenoxy) is 1. The van der Waals surface area contributed by atoms with Gasteiger partial charge in [-0.2, -0.15) is 0 Å². The van der Waals surface area contributed by atoms with Gasteiger partial charge in [0.1, 0.15) is 0 Å². The van der Waals surface area contributed by atoms with Crippen LogP contribution in [0.3, 0.4) is 0 Å². The Labute approximate surface area is 84.5 Å². The largest absolute Gasteiger partial charge is 0.379 e. The summed E-state index contributed by atoms with van der Waals surface area (Å²) in [5.41, 5.74) is 2.23. The van der Waals surface area contributed by atoms with Crippen LogP contribution in [0.15, 0.2) is 18.3 Å². The average Bonchev–Trinajstić information content (AvgIpc) is 2.72. The molecular weight excluding hydrogens is 176 g/mol. The lowest BCUT2D eigenvalue weighted by Gasteiger charge is -2.11. The van der Waals surface area contributed by atoms with Gasteiger partial charge < -0.3 is 10.1 Å². The summed E-state index contributed by atoms with van der Waals surface area (Å²) in [4.78, 5) is 4.34. The molecule has 1 aliphatic rings. The van der Waals surface area contributed by atoms with Crippen molar-refractivity contribution < 1.29 is 4.74 Å². The van der Waals surface area contributed by atoms with E-state index in [2.05, 4.69) is 29.4 Å². The summed E-state index contributed by atoms with van der Waals surface area (Å²) in [6.07, 6.45) is 3.99. The number of hydrogen-bond acceptors (Lipinski definition) is 3. The molecule has 0 bridgehead atoms. The lowest BCUT2D eigenvalue weighted by Crippen LogP contribution is -2.18. The van der Waals surface area contributed by atoms with Gasteiger partial charge in [0.05, 0.1) is 24.5 Å². The van der Waals surface area contributed by atoms with Gasteiger partial charge in [-0.05, 0) is 25.0 Å². The number of hydrogen-bond donors (Lipinski definition) is 1. The first kappa shape index (κ1) is 9.46. The summed E-state index contributed by atoms with van der Waals surface area (Å²) in [5, 5.41) is 3.40. The molecular formula is C11H16N2O. The van der Waals surface area contributed by atoms with Crippen LogP contribution in [0.2, 0.25) is 0 Å². The van der Waals surface area contributed by atoms with E-state index in [4.69, 9.17) is 4.74 Å². The monoisotopic (exact) mass is 192 g/mol. The molecule has 2 heterocycles. The molecule has 1 atom stereocenters. The van der Waals surface area contributed by atoms with E-state index in [0.29, 0.717) is 6.04 Å². The van der Waals surface area contributed by atoms with Crippen molar-refractivity contribution in [3.63, 3.8) is 0 Å². The summed E-state index contributed by atoms with van der Waals surface area (Å²) in [6.45, 7) is 3.80. The normalized spacial score (nSPS) is 21.1. The molecule has 1 aromatic rings. The highest BCUT2D eigenvalue weighted by atomic mass is 16.5. The Bertz CT molecular complexity index is 278. The lowest BCUT2D eigenvalue weighted by molar-refractivity contribution is 0.195. The zero-order chi connectivity index (χ0) is 9.80. The molecule has 0 amide bonds. The highest BCUT2D eigenvalue weighted by molar-refractivity contribution is 5.42. The quantitative estimate of drug-likeness (QED) is 0.793. The zero-order valence-electron chi connectivity index (χ0n) is 8.49. The molecule has 3 nitrogen and oxygen atoms in total. The van der Waals surface area contributed by atoms with Crippen molar-refractivity contribution >= 4 is 5.69 Å². The number of aryl methyl sites for hydroxylation is 1. The van der Waals surface area contributed by atoms with Gasteiger partial charge in [0.15, 0.2) is 0 Å². The van der Waals surface area contributed by atoms with E-state index in [-0.39, 0.29) is 0 Å². The van der Waals surface area contributed by atoms with Crippen LogP contribution in [0.5, 0.6) is 0 Å². The molecule has 0 spiro atoms. The molecule has 1 aliphatic heterocycles. The molecule has 14 heavy (non-hydrogen) atoms. The summed E-state index contributed by atoms with van der Waals surface area (Å²) in [7, 11) is 0. The standard InChI is InChI=1S/C11H16N2O/c1-2-9-3-4-10(7-12-9)13-11-5-6-14-8-11/h3-4,7,11,13H,2,5-6,8H2,1H3. The van der Waals surface area contributed by atoms with Crippen LogP contribution in [0.25, 0.3) is 0 Å². The zero-order valence-corrected chi connectivity index (χ0v) is 8.49. The van der Waals surface area contributed by atoms with Crippen LogP contribution in [0.1, 0.15) is 19.0 Å². The van der Waals surface area contributed by atoms with Crippen molar-refractivity contribution in [3.8, 4) is 0 Å². The second-order valence-corrected chi connectivity index (χ2v) is 3.60. The van der Waals surface area contributed by atoms with E-state index < -0.39 is 0 Å². The predicted octanol–water partition coefficient (Wildman–Crippen LogP) is 1.84. The molecule has 1 aromatic heterocycles. The van der Waals surface area contributed by atoms with E-state index in [1.54, 1.807) is 0 Å². The van der Waals surface area contributed by atoms with Crippen LogP contribution in [0.4, 0.5) is 5.69 Å². The maximum Gasteiger partial charge on any atom is 0.0668 e. The average molecular weight is 192 g/mol. The molecule has 1 N–H and O–H groups in total. The van der Waals surface area contributed by atoms with Crippen molar-refractivity contribution in [1.82, 2.24) is 4.98 Å². The van der Waals surface area contributed by atoms with Crippen LogP contribution in [-0.2, 0) is 11.2 Å². The van der Waals surface area contributed by atoms with Gasteiger partial charge in [0, 0.05) is 12.3 Å². The first-order valence-electron chi connectivity index (χ1n) is 5.17. The highest BCUT2D eigenvalue weighted by Crippen LogP contribution is 2.13. The Balaban J connectivity index is 1.95. The third-order valence-corrected chi connectivity index (χ3v) is 2.49. The minimum Gasteiger partial charge on any atom is -0.379 e. The summed E-state index contributed by atoms with van der Waals surface area (Å²) < 4.78 is 5.29. The first-order chi connectivity index (χ1) is 6.88. The van der Waals surface area contributed by atoms with Gasteiger partial charge in [0.2, 0.25) is 0 Å². The molecule has 0 saturated carbocycles. The van der Waals surface area contributed by atoms with Crippen LogP contribution >= 0.6 is 0 Å². The minimum atomic E-state index is 0.462. The van der Waals surface area contributed by atoms with Gasteiger partial charge in [-0.1, -0.05) is 6.92 Å². The Kier molecular flexibility index (Phi) is 2.99. The fraction of sp³-hybridized carbons (Fsp3) is 0.545. The SMILES string of the molecule is CCc1ccc(NC2CCOC2)cn1. The third-order valence-electron chi connectivity index (χ3n) is 2.49. The number of pyridine rings is 1. The second kappa shape index (κ2) is 4.42. The van der Waals surface area contributed by atoms with Crippen molar-refractivity contribution in [2.45, 2.75) is 25.8 Å². The third kappa shape index (κ3) is 2.23. The number of aromatic nitrogens is 1. The molecule has 0 radical (unpaired) electrons. The molecule has 0 aromatic carbocycles. The van der Waals surface area contributed by atoms with Crippen molar-refractivity contribution in [2.24, 2.45) is 0 Å². The van der Waals surface area contributed by atoms with Gasteiger partial charge in [-0.3, -0.25) is 4.98 Å². The number of nitrogens with zero attached hydrogens (tertiary/aromatic N) is 1. The van der Waals surface area contributed by atoms with E-state index in [1.807, 2.05) is 6.20 Å². The maximum absolute atomic E-state index is 5.29. The van der Waals surface area contributed by atoms with E-state index in [9.17, 15) is 0 Å². The van der Waals surface area contributed by atoms with E-state index in [1.165, 1.54) is 0 Å². The molecule has 1 fully saturated rings. The Morgan fingerprint density at radius 3 is 3.07 bits per heavy atom. The highest BCUT2D eigenvalue weighted by Gasteiger charge is 2.14. The topological polar surface area (TPSA) is 34.1 Å². The number of anilines is 1. The summed E-state index contributed by atoms with van der Waals surface area (Å²) in [6, 6.07) is 4.62. The predicted molar refractivity (Wildman–Crippen MR) is 56.5 cm³/mol. The Morgan fingerprint density at radius 2 is 2.50 bits per heavy atom. The molecule has 76 valence electrons. The van der Waals surface area contributed by atoms with E-state index in [0.717, 1.165) is 37.4 Å². The number of rotatable bonds is 3. The molecule has 1 saturated heterocycles. The van der Waals surface area contributed by atoms with Gasteiger partial charge in [0.25, 0.3) is 0 Å². The van der Waals surface area contributed by atoms with Crippen LogP contribution in [0, 0.1) is 0 Å². The van der Waals surface area contributed by atoms with Crippen LogP contribution < -0.4 is 5.32 Å². The van der Waals surface area contributed by atoms with Gasteiger partial charge >= 0.3 is 0 Å². The summed E-state index contributed by atoms with van der Waals surface area (Å²) in [5.74, 6) is 0.